The molecule has 0 saturated carbocycles. The second kappa shape index (κ2) is 7.99. The van der Waals surface area contributed by atoms with Gasteiger partial charge in [0.1, 0.15) is 5.75 Å². The SMILES string of the molecule is CNCc1sc(CCOc2ccccc2)nc1COC. The normalized spacial score (nSPS) is 10.7. The van der Waals surface area contributed by atoms with Crippen LogP contribution in [0.15, 0.2) is 30.3 Å². The number of aromatic nitrogens is 1. The van der Waals surface area contributed by atoms with Crippen LogP contribution in [0, 0.1) is 0 Å². The summed E-state index contributed by atoms with van der Waals surface area (Å²) in [5, 5.41) is 4.26. The van der Waals surface area contributed by atoms with Gasteiger partial charge in [0.25, 0.3) is 0 Å². The standard InChI is InChI=1S/C15H20N2O2S/c1-16-10-14-13(11-18-2)17-15(20-14)8-9-19-12-6-4-3-5-7-12/h3-7,16H,8-11H2,1-2H3. The van der Waals surface area contributed by atoms with Gasteiger partial charge in [-0.3, -0.25) is 0 Å². The van der Waals surface area contributed by atoms with Gasteiger partial charge in [-0.2, -0.15) is 0 Å². The minimum atomic E-state index is 0.563. The van der Waals surface area contributed by atoms with E-state index < -0.39 is 0 Å². The molecule has 0 amide bonds. The molecule has 0 atom stereocenters. The number of methoxy groups -OCH3 is 1. The van der Waals surface area contributed by atoms with Crippen LogP contribution in [0.5, 0.6) is 5.75 Å². The number of hydrogen-bond acceptors (Lipinski definition) is 5. The molecule has 0 spiro atoms. The highest BCUT2D eigenvalue weighted by atomic mass is 32.1. The number of rotatable bonds is 8. The molecule has 0 aliphatic carbocycles. The van der Waals surface area contributed by atoms with Crippen LogP contribution in [0.1, 0.15) is 15.6 Å². The second-order valence-electron chi connectivity index (χ2n) is 4.35. The van der Waals surface area contributed by atoms with Gasteiger partial charge in [-0.05, 0) is 19.2 Å². The first kappa shape index (κ1) is 15.0. The molecule has 1 N–H and O–H groups in total. The van der Waals surface area contributed by atoms with Crippen LogP contribution in [-0.2, 0) is 24.3 Å². The molecule has 0 fully saturated rings. The van der Waals surface area contributed by atoms with Crippen molar-refractivity contribution in [3.63, 3.8) is 0 Å². The van der Waals surface area contributed by atoms with Gasteiger partial charge in [0, 0.05) is 25.0 Å². The Labute approximate surface area is 123 Å². The number of nitrogens with one attached hydrogen (secondary N) is 1. The summed E-state index contributed by atoms with van der Waals surface area (Å²) in [7, 11) is 3.63. The van der Waals surface area contributed by atoms with Crippen molar-refractivity contribution in [1.82, 2.24) is 10.3 Å². The molecule has 2 rings (SSSR count). The summed E-state index contributed by atoms with van der Waals surface area (Å²) in [4.78, 5) is 5.86. The van der Waals surface area contributed by atoms with Gasteiger partial charge in [-0.15, -0.1) is 11.3 Å². The summed E-state index contributed by atoms with van der Waals surface area (Å²) >= 11 is 1.73. The number of ether oxygens (including phenoxy) is 2. The van der Waals surface area contributed by atoms with E-state index >= 15 is 0 Å². The highest BCUT2D eigenvalue weighted by Crippen LogP contribution is 2.20. The van der Waals surface area contributed by atoms with E-state index in [1.54, 1.807) is 18.4 Å². The third-order valence-electron chi connectivity index (χ3n) is 2.77. The molecule has 0 radical (unpaired) electrons. The molecule has 0 aliphatic heterocycles. The van der Waals surface area contributed by atoms with E-state index in [4.69, 9.17) is 9.47 Å². The molecular weight excluding hydrogens is 272 g/mol. The van der Waals surface area contributed by atoms with E-state index in [1.165, 1.54) is 4.88 Å². The quantitative estimate of drug-likeness (QED) is 0.812. The van der Waals surface area contributed by atoms with Gasteiger partial charge in [-0.1, -0.05) is 18.2 Å². The maximum absolute atomic E-state index is 5.70. The van der Waals surface area contributed by atoms with Crippen molar-refractivity contribution in [3.05, 3.63) is 45.9 Å². The van der Waals surface area contributed by atoms with Crippen molar-refractivity contribution in [1.29, 1.82) is 0 Å². The van der Waals surface area contributed by atoms with Gasteiger partial charge >= 0.3 is 0 Å². The van der Waals surface area contributed by atoms with Crippen molar-refractivity contribution >= 4 is 11.3 Å². The van der Waals surface area contributed by atoms with Crippen molar-refractivity contribution < 1.29 is 9.47 Å². The van der Waals surface area contributed by atoms with Crippen molar-refractivity contribution in [2.24, 2.45) is 0 Å². The Kier molecular flexibility index (Phi) is 5.98. The van der Waals surface area contributed by atoms with Gasteiger partial charge in [0.15, 0.2) is 0 Å². The molecule has 0 unspecified atom stereocenters. The lowest BCUT2D eigenvalue weighted by Gasteiger charge is -2.03. The lowest BCUT2D eigenvalue weighted by Crippen LogP contribution is -2.06. The highest BCUT2D eigenvalue weighted by Gasteiger charge is 2.10. The van der Waals surface area contributed by atoms with Crippen molar-refractivity contribution in [3.8, 4) is 5.75 Å². The zero-order valence-corrected chi connectivity index (χ0v) is 12.7. The molecule has 1 aromatic heterocycles. The van der Waals surface area contributed by atoms with E-state index in [9.17, 15) is 0 Å². The highest BCUT2D eigenvalue weighted by molar-refractivity contribution is 7.11. The second-order valence-corrected chi connectivity index (χ2v) is 5.52. The molecule has 5 heteroatoms. The molecule has 0 bridgehead atoms. The van der Waals surface area contributed by atoms with Crippen molar-refractivity contribution in [2.45, 2.75) is 19.6 Å². The van der Waals surface area contributed by atoms with Crippen LogP contribution >= 0.6 is 11.3 Å². The summed E-state index contributed by atoms with van der Waals surface area (Å²) in [6.07, 6.45) is 0.819. The van der Waals surface area contributed by atoms with Crippen LogP contribution < -0.4 is 10.1 Å². The number of nitrogens with zero attached hydrogens (tertiary/aromatic N) is 1. The minimum Gasteiger partial charge on any atom is -0.493 e. The topological polar surface area (TPSA) is 43.4 Å². The molecule has 0 saturated heterocycles. The Bertz CT molecular complexity index is 490. The van der Waals surface area contributed by atoms with Gasteiger partial charge in [-0.25, -0.2) is 4.98 Å². The third-order valence-corrected chi connectivity index (χ3v) is 3.93. The number of hydrogen-bond donors (Lipinski definition) is 1. The molecule has 20 heavy (non-hydrogen) atoms. The van der Waals surface area contributed by atoms with E-state index in [0.29, 0.717) is 13.2 Å². The molecular formula is C15H20N2O2S. The molecule has 2 aromatic rings. The molecule has 108 valence electrons. The first-order valence-corrected chi connectivity index (χ1v) is 7.44. The fourth-order valence-electron chi connectivity index (χ4n) is 1.86. The van der Waals surface area contributed by atoms with Crippen LogP contribution in [0.3, 0.4) is 0 Å². The maximum Gasteiger partial charge on any atom is 0.119 e. The van der Waals surface area contributed by atoms with Crippen LogP contribution in [0.25, 0.3) is 0 Å². The maximum atomic E-state index is 5.70. The lowest BCUT2D eigenvalue weighted by molar-refractivity contribution is 0.181. The number of thiazole rings is 1. The third kappa shape index (κ3) is 4.30. The monoisotopic (exact) mass is 292 g/mol. The minimum absolute atomic E-state index is 0.563. The number of para-hydroxylation sites is 1. The average molecular weight is 292 g/mol. The Morgan fingerprint density at radius 1 is 1.25 bits per heavy atom. The Morgan fingerprint density at radius 3 is 2.75 bits per heavy atom. The lowest BCUT2D eigenvalue weighted by atomic mass is 10.3. The molecule has 1 heterocycles. The summed E-state index contributed by atoms with van der Waals surface area (Å²) in [5.74, 6) is 0.900. The molecule has 0 aliphatic rings. The first-order valence-electron chi connectivity index (χ1n) is 6.62. The summed E-state index contributed by atoms with van der Waals surface area (Å²) in [5.41, 5.74) is 1.03. The smallest absolute Gasteiger partial charge is 0.119 e. The zero-order chi connectivity index (χ0) is 14.2. The van der Waals surface area contributed by atoms with Crippen LogP contribution in [-0.4, -0.2) is 25.7 Å². The van der Waals surface area contributed by atoms with E-state index in [-0.39, 0.29) is 0 Å². The summed E-state index contributed by atoms with van der Waals surface area (Å²) < 4.78 is 10.9. The zero-order valence-electron chi connectivity index (χ0n) is 11.9. The van der Waals surface area contributed by atoms with Crippen molar-refractivity contribution in [2.75, 3.05) is 20.8 Å². The Hall–Kier alpha value is -1.43. The van der Waals surface area contributed by atoms with Crippen LogP contribution in [0.2, 0.25) is 0 Å². The van der Waals surface area contributed by atoms with Gasteiger partial charge in [0.05, 0.1) is 23.9 Å². The summed E-state index contributed by atoms with van der Waals surface area (Å²) in [6, 6.07) is 9.85. The molecule has 1 aromatic carbocycles. The predicted octanol–water partition coefficient (Wildman–Crippen LogP) is 2.63. The Morgan fingerprint density at radius 2 is 2.05 bits per heavy atom. The van der Waals surface area contributed by atoms with Crippen LogP contribution in [0.4, 0.5) is 0 Å². The fourth-order valence-corrected chi connectivity index (χ4v) is 2.93. The largest absolute Gasteiger partial charge is 0.493 e. The predicted molar refractivity (Wildman–Crippen MR) is 81.2 cm³/mol. The van der Waals surface area contributed by atoms with Gasteiger partial charge in [0.2, 0.25) is 0 Å². The average Bonchev–Trinajstić information content (AvgIpc) is 2.83. The van der Waals surface area contributed by atoms with E-state index in [1.807, 2.05) is 37.4 Å². The van der Waals surface area contributed by atoms with E-state index in [0.717, 1.165) is 29.4 Å². The van der Waals surface area contributed by atoms with Gasteiger partial charge < -0.3 is 14.8 Å². The summed E-state index contributed by atoms with van der Waals surface area (Å²) in [6.45, 7) is 2.03. The fraction of sp³-hybridized carbons (Fsp3) is 0.400. The Balaban J connectivity index is 1.90. The van der Waals surface area contributed by atoms with E-state index in [2.05, 4.69) is 10.3 Å². The first-order chi connectivity index (χ1) is 9.83. The molecule has 4 nitrogen and oxygen atoms in total. The number of benzene rings is 1.